The Labute approximate surface area is 95.4 Å². The second-order valence-electron chi connectivity index (χ2n) is 2.15. The lowest BCUT2D eigenvalue weighted by atomic mass is 10.2. The topological polar surface area (TPSA) is 39.2 Å². The first-order chi connectivity index (χ1) is 5.77. The Balaban J connectivity index is 0.00000144. The zero-order valence-corrected chi connectivity index (χ0v) is 10.3. The number of rotatable bonds is 3. The van der Waals surface area contributed by atoms with Crippen molar-refractivity contribution in [3.05, 3.63) is 23.9 Å². The first-order valence-corrected chi connectivity index (χ1v) is 4.49. The molecule has 0 saturated carbocycles. The largest absolute Gasteiger partial charge is 0.481 e. The van der Waals surface area contributed by atoms with E-state index in [9.17, 15) is 4.79 Å². The summed E-state index contributed by atoms with van der Waals surface area (Å²) >= 11 is 3.08. The molecule has 1 heterocycles. The maximum absolute atomic E-state index is 11.1. The van der Waals surface area contributed by atoms with Gasteiger partial charge in [0.15, 0.2) is 5.78 Å². The average molecular weight is 311 g/mol. The van der Waals surface area contributed by atoms with E-state index in [0.29, 0.717) is 16.8 Å². The minimum absolute atomic E-state index is 0. The number of ether oxygens (including phenoxy) is 1. The number of ketones is 1. The SMILES string of the molecule is Br.COc1ccc(C(=O)CBr)cn1. The number of halogens is 2. The molecule has 1 aromatic rings. The Morgan fingerprint density at radius 3 is 2.69 bits per heavy atom. The van der Waals surface area contributed by atoms with Crippen molar-refractivity contribution in [3.8, 4) is 5.88 Å². The lowest BCUT2D eigenvalue weighted by Gasteiger charge is -1.98. The second kappa shape index (κ2) is 6.10. The van der Waals surface area contributed by atoms with Crippen LogP contribution in [0.2, 0.25) is 0 Å². The van der Waals surface area contributed by atoms with Crippen molar-refractivity contribution in [3.63, 3.8) is 0 Å². The second-order valence-corrected chi connectivity index (χ2v) is 2.71. The fourth-order valence-electron chi connectivity index (χ4n) is 0.743. The Morgan fingerprint density at radius 2 is 2.31 bits per heavy atom. The van der Waals surface area contributed by atoms with Crippen molar-refractivity contribution in [1.29, 1.82) is 0 Å². The zero-order valence-electron chi connectivity index (χ0n) is 6.99. The summed E-state index contributed by atoms with van der Waals surface area (Å²) in [7, 11) is 1.54. The summed E-state index contributed by atoms with van der Waals surface area (Å²) in [6, 6.07) is 3.35. The molecule has 0 radical (unpaired) electrons. The molecule has 0 amide bonds. The van der Waals surface area contributed by atoms with E-state index in [4.69, 9.17) is 4.74 Å². The van der Waals surface area contributed by atoms with Gasteiger partial charge in [-0.3, -0.25) is 4.79 Å². The normalized spacial score (nSPS) is 8.77. The highest BCUT2D eigenvalue weighted by atomic mass is 79.9. The van der Waals surface area contributed by atoms with Gasteiger partial charge in [0.1, 0.15) is 0 Å². The molecule has 0 N–H and O–H groups in total. The maximum Gasteiger partial charge on any atom is 0.212 e. The summed E-state index contributed by atoms with van der Waals surface area (Å²) < 4.78 is 4.85. The van der Waals surface area contributed by atoms with Gasteiger partial charge in [-0.25, -0.2) is 4.98 Å². The highest BCUT2D eigenvalue weighted by molar-refractivity contribution is 9.09. The molecule has 13 heavy (non-hydrogen) atoms. The van der Waals surface area contributed by atoms with Gasteiger partial charge in [0.25, 0.3) is 0 Å². The van der Waals surface area contributed by atoms with Gasteiger partial charge >= 0.3 is 0 Å². The van der Waals surface area contributed by atoms with E-state index in [0.717, 1.165) is 0 Å². The summed E-state index contributed by atoms with van der Waals surface area (Å²) in [6.07, 6.45) is 1.50. The van der Waals surface area contributed by atoms with Crippen LogP contribution in [0, 0.1) is 0 Å². The molecular weight excluding hydrogens is 302 g/mol. The van der Waals surface area contributed by atoms with Gasteiger partial charge in [-0.2, -0.15) is 0 Å². The fourth-order valence-corrected chi connectivity index (χ4v) is 1.07. The van der Waals surface area contributed by atoms with Gasteiger partial charge in [0.05, 0.1) is 12.4 Å². The third kappa shape index (κ3) is 3.44. The van der Waals surface area contributed by atoms with Crippen LogP contribution in [0.4, 0.5) is 0 Å². The highest BCUT2D eigenvalue weighted by Crippen LogP contribution is 2.07. The summed E-state index contributed by atoms with van der Waals surface area (Å²) in [5.41, 5.74) is 0.590. The molecule has 1 rings (SSSR count). The van der Waals surface area contributed by atoms with Crippen LogP contribution in [0.15, 0.2) is 18.3 Å². The number of hydrogen-bond acceptors (Lipinski definition) is 3. The molecule has 1 aromatic heterocycles. The summed E-state index contributed by atoms with van der Waals surface area (Å²) in [5, 5.41) is 0.320. The number of Topliss-reactive ketones (excluding diaryl/α,β-unsaturated/α-hetero) is 1. The molecule has 0 aliphatic carbocycles. The highest BCUT2D eigenvalue weighted by Gasteiger charge is 2.03. The molecular formula is C8H9Br2NO2. The Bertz CT molecular complexity index is 274. The van der Waals surface area contributed by atoms with E-state index >= 15 is 0 Å². The number of methoxy groups -OCH3 is 1. The molecule has 0 fully saturated rings. The van der Waals surface area contributed by atoms with Crippen LogP contribution in [0.5, 0.6) is 5.88 Å². The lowest BCUT2D eigenvalue weighted by Crippen LogP contribution is -2.00. The monoisotopic (exact) mass is 309 g/mol. The van der Waals surface area contributed by atoms with Crippen molar-refractivity contribution in [1.82, 2.24) is 4.98 Å². The molecule has 72 valence electrons. The number of nitrogens with zero attached hydrogens (tertiary/aromatic N) is 1. The quantitative estimate of drug-likeness (QED) is 0.635. The van der Waals surface area contributed by atoms with E-state index in [1.165, 1.54) is 13.3 Å². The number of carbonyl (C=O) groups is 1. The van der Waals surface area contributed by atoms with Crippen LogP contribution in [-0.2, 0) is 0 Å². The molecule has 0 saturated heterocycles. The number of pyridine rings is 1. The molecule has 0 atom stereocenters. The average Bonchev–Trinajstić information content (AvgIpc) is 2.17. The van der Waals surface area contributed by atoms with E-state index < -0.39 is 0 Å². The summed E-state index contributed by atoms with van der Waals surface area (Å²) in [4.78, 5) is 15.0. The predicted octanol–water partition coefficient (Wildman–Crippen LogP) is 2.25. The van der Waals surface area contributed by atoms with Gasteiger partial charge in [-0.1, -0.05) is 15.9 Å². The minimum Gasteiger partial charge on any atom is -0.481 e. The first-order valence-electron chi connectivity index (χ1n) is 3.37. The van der Waals surface area contributed by atoms with E-state index in [2.05, 4.69) is 20.9 Å². The van der Waals surface area contributed by atoms with Crippen LogP contribution in [-0.4, -0.2) is 23.2 Å². The molecule has 0 aliphatic rings. The van der Waals surface area contributed by atoms with Crippen LogP contribution in [0.25, 0.3) is 0 Å². The Hall–Kier alpha value is -0.420. The van der Waals surface area contributed by atoms with Crippen molar-refractivity contribution >= 4 is 38.7 Å². The van der Waals surface area contributed by atoms with Crippen LogP contribution in [0.1, 0.15) is 10.4 Å². The van der Waals surface area contributed by atoms with Crippen LogP contribution in [0.3, 0.4) is 0 Å². The van der Waals surface area contributed by atoms with E-state index in [1.54, 1.807) is 12.1 Å². The van der Waals surface area contributed by atoms with Crippen molar-refractivity contribution in [2.45, 2.75) is 0 Å². The van der Waals surface area contributed by atoms with Gasteiger partial charge in [-0.15, -0.1) is 17.0 Å². The predicted molar refractivity (Wildman–Crippen MR) is 59.2 cm³/mol. The fraction of sp³-hybridized carbons (Fsp3) is 0.250. The number of carbonyl (C=O) groups excluding carboxylic acids is 1. The Morgan fingerprint density at radius 1 is 1.62 bits per heavy atom. The Kier molecular flexibility index (Phi) is 5.90. The minimum atomic E-state index is 0. The third-order valence-corrected chi connectivity index (χ3v) is 1.90. The van der Waals surface area contributed by atoms with Crippen molar-refractivity contribution in [2.75, 3.05) is 12.4 Å². The number of alkyl halides is 1. The number of hydrogen-bond donors (Lipinski definition) is 0. The van der Waals surface area contributed by atoms with E-state index in [-0.39, 0.29) is 22.8 Å². The molecule has 3 nitrogen and oxygen atoms in total. The lowest BCUT2D eigenvalue weighted by molar-refractivity contribution is 0.102. The zero-order chi connectivity index (χ0) is 8.97. The van der Waals surface area contributed by atoms with Gasteiger partial charge in [0, 0.05) is 17.8 Å². The molecule has 0 aliphatic heterocycles. The van der Waals surface area contributed by atoms with E-state index in [1.807, 2.05) is 0 Å². The standard InChI is InChI=1S/C8H8BrNO2.BrH/c1-12-8-3-2-6(5-10-8)7(11)4-9;/h2-3,5H,4H2,1H3;1H. The first kappa shape index (κ1) is 12.6. The molecule has 0 aromatic carbocycles. The third-order valence-electron chi connectivity index (χ3n) is 1.39. The van der Waals surface area contributed by atoms with Crippen molar-refractivity contribution < 1.29 is 9.53 Å². The molecule has 5 heteroatoms. The number of aromatic nitrogens is 1. The van der Waals surface area contributed by atoms with Crippen molar-refractivity contribution in [2.24, 2.45) is 0 Å². The van der Waals surface area contributed by atoms with Gasteiger partial charge in [0.2, 0.25) is 5.88 Å². The summed E-state index contributed by atoms with van der Waals surface area (Å²) in [6.45, 7) is 0. The van der Waals surface area contributed by atoms with Crippen LogP contribution < -0.4 is 4.74 Å². The smallest absolute Gasteiger partial charge is 0.212 e. The van der Waals surface area contributed by atoms with Gasteiger partial charge < -0.3 is 4.74 Å². The molecule has 0 bridgehead atoms. The molecule has 0 unspecified atom stereocenters. The van der Waals surface area contributed by atoms with Gasteiger partial charge in [-0.05, 0) is 6.07 Å². The van der Waals surface area contributed by atoms with Crippen LogP contribution >= 0.6 is 32.9 Å². The molecule has 0 spiro atoms. The summed E-state index contributed by atoms with van der Waals surface area (Å²) in [5.74, 6) is 0.534. The maximum atomic E-state index is 11.1.